The van der Waals surface area contributed by atoms with Gasteiger partial charge in [0.1, 0.15) is 11.3 Å². The zero-order valence-corrected chi connectivity index (χ0v) is 18.6. The molecule has 5 amide bonds. The molecular weight excluding hydrogens is 412 g/mol. The van der Waals surface area contributed by atoms with Gasteiger partial charge >= 0.3 is 6.03 Å². The van der Waals surface area contributed by atoms with Crippen LogP contribution in [0.5, 0.6) is 5.75 Å². The topological polar surface area (TPSA) is 99.3 Å². The third-order valence-electron chi connectivity index (χ3n) is 6.85. The van der Waals surface area contributed by atoms with Crippen LogP contribution in [0.15, 0.2) is 24.3 Å². The number of hydrogen-bond donors (Lipinski definition) is 1. The number of nitrogens with zero attached hydrogens (tertiary/aromatic N) is 3. The molecule has 1 N–H and O–H groups in total. The number of nitrogens with one attached hydrogen (secondary N) is 1. The van der Waals surface area contributed by atoms with E-state index in [9.17, 15) is 19.2 Å². The lowest BCUT2D eigenvalue weighted by atomic mass is 9.87. The Labute approximate surface area is 187 Å². The predicted octanol–water partition coefficient (Wildman–Crippen LogP) is 1.62. The fourth-order valence-electron chi connectivity index (χ4n) is 5.01. The molecule has 3 saturated heterocycles. The van der Waals surface area contributed by atoms with Crippen LogP contribution in [0.1, 0.15) is 49.4 Å². The van der Waals surface area contributed by atoms with Gasteiger partial charge in [0, 0.05) is 32.6 Å². The molecule has 0 radical (unpaired) electrons. The van der Waals surface area contributed by atoms with Crippen LogP contribution in [0.25, 0.3) is 0 Å². The van der Waals surface area contributed by atoms with Crippen LogP contribution in [0.3, 0.4) is 0 Å². The number of para-hydroxylation sites is 1. The Hall–Kier alpha value is -3.10. The van der Waals surface area contributed by atoms with Crippen LogP contribution in [0.4, 0.5) is 4.79 Å². The molecule has 3 heterocycles. The Morgan fingerprint density at radius 2 is 1.84 bits per heavy atom. The number of carbonyl (C=O) groups excluding carboxylic acids is 4. The maximum Gasteiger partial charge on any atom is 0.325 e. The van der Waals surface area contributed by atoms with E-state index in [1.807, 2.05) is 6.92 Å². The molecular formula is C23H30N4O5. The van der Waals surface area contributed by atoms with Gasteiger partial charge in [0.25, 0.3) is 11.8 Å². The summed E-state index contributed by atoms with van der Waals surface area (Å²) in [7, 11) is 1.52. The molecule has 0 saturated carbocycles. The van der Waals surface area contributed by atoms with E-state index < -0.39 is 11.6 Å². The number of urea groups is 1. The van der Waals surface area contributed by atoms with Gasteiger partial charge in [-0.1, -0.05) is 19.1 Å². The van der Waals surface area contributed by atoms with Gasteiger partial charge in [-0.2, -0.15) is 0 Å². The monoisotopic (exact) mass is 442 g/mol. The fourth-order valence-corrected chi connectivity index (χ4v) is 5.01. The van der Waals surface area contributed by atoms with Crippen molar-refractivity contribution in [1.29, 1.82) is 0 Å². The maximum absolute atomic E-state index is 13.4. The average molecular weight is 443 g/mol. The normalized spacial score (nSPS) is 22.8. The molecule has 0 aromatic heterocycles. The molecule has 1 atom stereocenters. The molecule has 0 aliphatic carbocycles. The SMILES string of the molecule is CCC(=O)N1CCC2(CC1)NC(=O)N([C@@H]1CCCN(C(=O)c3ccccc3OC)C1)C2=O. The Kier molecular flexibility index (Phi) is 6.08. The van der Waals surface area contributed by atoms with Crippen molar-refractivity contribution in [3.8, 4) is 5.75 Å². The van der Waals surface area contributed by atoms with Crippen molar-refractivity contribution in [2.45, 2.75) is 50.6 Å². The Morgan fingerprint density at radius 3 is 2.53 bits per heavy atom. The van der Waals surface area contributed by atoms with Gasteiger partial charge in [-0.15, -0.1) is 0 Å². The molecule has 1 spiro atoms. The largest absolute Gasteiger partial charge is 0.496 e. The molecule has 4 rings (SSSR count). The summed E-state index contributed by atoms with van der Waals surface area (Å²) in [4.78, 5) is 56.1. The van der Waals surface area contributed by atoms with E-state index in [1.54, 1.807) is 34.1 Å². The predicted molar refractivity (Wildman–Crippen MR) is 116 cm³/mol. The summed E-state index contributed by atoms with van der Waals surface area (Å²) < 4.78 is 5.32. The average Bonchev–Trinajstić information content (AvgIpc) is 3.07. The highest BCUT2D eigenvalue weighted by Crippen LogP contribution is 2.33. The Bertz CT molecular complexity index is 925. The van der Waals surface area contributed by atoms with Gasteiger partial charge in [-0.3, -0.25) is 19.3 Å². The van der Waals surface area contributed by atoms with Crippen LogP contribution >= 0.6 is 0 Å². The number of ether oxygens (including phenoxy) is 1. The molecule has 3 aliphatic heterocycles. The number of piperidine rings is 2. The highest BCUT2D eigenvalue weighted by molar-refractivity contribution is 6.07. The smallest absolute Gasteiger partial charge is 0.325 e. The Morgan fingerprint density at radius 1 is 1.12 bits per heavy atom. The zero-order valence-electron chi connectivity index (χ0n) is 18.6. The molecule has 0 bridgehead atoms. The molecule has 172 valence electrons. The highest BCUT2D eigenvalue weighted by atomic mass is 16.5. The van der Waals surface area contributed by atoms with E-state index in [2.05, 4.69) is 5.32 Å². The lowest BCUT2D eigenvalue weighted by Gasteiger charge is -2.39. The van der Waals surface area contributed by atoms with Gasteiger partial charge in [-0.25, -0.2) is 4.79 Å². The summed E-state index contributed by atoms with van der Waals surface area (Å²) in [5, 5.41) is 2.91. The van der Waals surface area contributed by atoms with Gasteiger partial charge in [-0.05, 0) is 37.8 Å². The lowest BCUT2D eigenvalue weighted by Crippen LogP contribution is -2.57. The van der Waals surface area contributed by atoms with E-state index in [0.717, 1.165) is 0 Å². The van der Waals surface area contributed by atoms with Crippen LogP contribution in [0, 0.1) is 0 Å². The van der Waals surface area contributed by atoms with Gasteiger partial charge in [0.15, 0.2) is 0 Å². The number of rotatable bonds is 4. The standard InChI is InChI=1S/C23H30N4O5/c1-3-19(28)25-13-10-23(11-14-25)21(30)27(22(31)24-23)16-7-6-12-26(15-16)20(29)17-8-4-5-9-18(17)32-2/h4-5,8-9,16H,3,6-7,10-15H2,1-2H3,(H,24,31)/t16-/m1/s1. The second kappa shape index (κ2) is 8.80. The molecule has 1 aromatic carbocycles. The molecule has 32 heavy (non-hydrogen) atoms. The van der Waals surface area contributed by atoms with Crippen LogP contribution in [0.2, 0.25) is 0 Å². The molecule has 3 aliphatic rings. The van der Waals surface area contributed by atoms with Gasteiger partial charge in [0.05, 0.1) is 18.7 Å². The van der Waals surface area contributed by atoms with Gasteiger partial charge < -0.3 is 19.9 Å². The number of imide groups is 1. The van der Waals surface area contributed by atoms with E-state index in [-0.39, 0.29) is 23.8 Å². The lowest BCUT2D eigenvalue weighted by molar-refractivity contribution is -0.139. The number of likely N-dealkylation sites (tertiary alicyclic amines) is 2. The summed E-state index contributed by atoms with van der Waals surface area (Å²) in [5.41, 5.74) is -0.478. The summed E-state index contributed by atoms with van der Waals surface area (Å²) in [6.07, 6.45) is 2.62. The molecule has 3 fully saturated rings. The summed E-state index contributed by atoms with van der Waals surface area (Å²) >= 11 is 0. The number of amides is 5. The molecule has 1 aromatic rings. The molecule has 9 nitrogen and oxygen atoms in total. The minimum atomic E-state index is -0.948. The summed E-state index contributed by atoms with van der Waals surface area (Å²) in [6.45, 7) is 3.59. The first-order chi connectivity index (χ1) is 15.4. The fraction of sp³-hybridized carbons (Fsp3) is 0.565. The van der Waals surface area contributed by atoms with Crippen molar-refractivity contribution in [2.75, 3.05) is 33.3 Å². The van der Waals surface area contributed by atoms with Crippen molar-refractivity contribution in [3.05, 3.63) is 29.8 Å². The number of carbonyl (C=O) groups is 4. The quantitative estimate of drug-likeness (QED) is 0.715. The number of benzene rings is 1. The second-order valence-electron chi connectivity index (χ2n) is 8.67. The van der Waals surface area contributed by atoms with Crippen molar-refractivity contribution in [3.63, 3.8) is 0 Å². The number of methoxy groups -OCH3 is 1. The Balaban J connectivity index is 1.47. The third kappa shape index (κ3) is 3.80. The van der Waals surface area contributed by atoms with E-state index in [4.69, 9.17) is 4.74 Å². The first-order valence-corrected chi connectivity index (χ1v) is 11.3. The van der Waals surface area contributed by atoms with Crippen molar-refractivity contribution in [2.24, 2.45) is 0 Å². The minimum absolute atomic E-state index is 0.0613. The highest BCUT2D eigenvalue weighted by Gasteiger charge is 2.54. The van der Waals surface area contributed by atoms with E-state index >= 15 is 0 Å². The third-order valence-corrected chi connectivity index (χ3v) is 6.85. The first-order valence-electron chi connectivity index (χ1n) is 11.3. The van der Waals surface area contributed by atoms with Crippen LogP contribution in [-0.4, -0.2) is 83.3 Å². The first kappa shape index (κ1) is 22.1. The van der Waals surface area contributed by atoms with Gasteiger partial charge in [0.2, 0.25) is 5.91 Å². The summed E-state index contributed by atoms with van der Waals surface area (Å²) in [5.74, 6) is 0.163. The van der Waals surface area contributed by atoms with Crippen molar-refractivity contribution >= 4 is 23.8 Å². The minimum Gasteiger partial charge on any atom is -0.496 e. The molecule has 0 unspecified atom stereocenters. The molecule has 9 heteroatoms. The van der Waals surface area contributed by atoms with E-state index in [1.165, 1.54) is 12.0 Å². The van der Waals surface area contributed by atoms with Crippen LogP contribution in [-0.2, 0) is 9.59 Å². The number of hydrogen-bond acceptors (Lipinski definition) is 5. The van der Waals surface area contributed by atoms with Crippen molar-refractivity contribution < 1.29 is 23.9 Å². The van der Waals surface area contributed by atoms with E-state index in [0.29, 0.717) is 69.6 Å². The zero-order chi connectivity index (χ0) is 22.9. The van der Waals surface area contributed by atoms with Crippen molar-refractivity contribution in [1.82, 2.24) is 20.0 Å². The maximum atomic E-state index is 13.4. The summed E-state index contributed by atoms with van der Waals surface area (Å²) in [6, 6.07) is 6.28. The van der Waals surface area contributed by atoms with Crippen LogP contribution < -0.4 is 10.1 Å². The second-order valence-corrected chi connectivity index (χ2v) is 8.67.